The summed E-state index contributed by atoms with van der Waals surface area (Å²) in [6, 6.07) is 9.67. The number of hydrogen-bond acceptors (Lipinski definition) is 2. The van der Waals surface area contributed by atoms with Crippen molar-refractivity contribution in [3.8, 4) is 0 Å². The lowest BCUT2D eigenvalue weighted by atomic mass is 10.2. The van der Waals surface area contributed by atoms with Crippen molar-refractivity contribution >= 4 is 23.0 Å². The van der Waals surface area contributed by atoms with Crippen LogP contribution in [0.1, 0.15) is 6.42 Å². The average Bonchev–Trinajstić information content (AvgIpc) is 2.19. The van der Waals surface area contributed by atoms with Gasteiger partial charge in [0.2, 0.25) is 0 Å². The van der Waals surface area contributed by atoms with E-state index in [0.29, 0.717) is 11.5 Å². The summed E-state index contributed by atoms with van der Waals surface area (Å²) in [4.78, 5) is 1.73. The number of anilines is 1. The third kappa shape index (κ3) is 1.71. The summed E-state index contributed by atoms with van der Waals surface area (Å²) in [5.74, 6) is 0. The molecule has 2 rings (SSSR count). The van der Waals surface area contributed by atoms with Crippen LogP contribution in [0.25, 0.3) is 0 Å². The van der Waals surface area contributed by atoms with E-state index in [2.05, 4.69) is 5.32 Å². The molecule has 0 unspecified atom stereocenters. The van der Waals surface area contributed by atoms with E-state index in [1.165, 1.54) is 0 Å². The molecule has 1 saturated heterocycles. The molecule has 1 aromatic rings. The molecule has 4 heteroatoms. The average molecular weight is 208 g/mol. The molecule has 74 valence electrons. The second kappa shape index (κ2) is 3.94. The molecule has 0 bridgehead atoms. The van der Waals surface area contributed by atoms with Gasteiger partial charge in [0.15, 0.2) is 5.11 Å². The Morgan fingerprint density at radius 1 is 1.36 bits per heavy atom. The second-order valence-electron chi connectivity index (χ2n) is 3.21. The van der Waals surface area contributed by atoms with Crippen molar-refractivity contribution in [1.29, 1.82) is 0 Å². The number of thiocarbonyl (C=S) groups is 1. The first kappa shape index (κ1) is 9.43. The largest absolute Gasteiger partial charge is 0.373 e. The summed E-state index contributed by atoms with van der Waals surface area (Å²) in [6.07, 6.45) is 0.181. The Balaban J connectivity index is 2.27. The van der Waals surface area contributed by atoms with E-state index in [0.717, 1.165) is 12.2 Å². The highest BCUT2D eigenvalue weighted by Crippen LogP contribution is 2.19. The molecule has 3 nitrogen and oxygen atoms in total. The zero-order chi connectivity index (χ0) is 9.97. The number of benzene rings is 1. The number of aliphatic hydroxyl groups excluding tert-OH is 1. The SMILES string of the molecule is O[C@H]1CCNC(=S)N1c1ccccc1. The highest BCUT2D eigenvalue weighted by molar-refractivity contribution is 7.80. The summed E-state index contributed by atoms with van der Waals surface area (Å²) < 4.78 is 0. The lowest BCUT2D eigenvalue weighted by molar-refractivity contribution is 0.167. The van der Waals surface area contributed by atoms with Crippen molar-refractivity contribution in [1.82, 2.24) is 5.32 Å². The number of nitrogens with one attached hydrogen (secondary N) is 1. The fourth-order valence-electron chi connectivity index (χ4n) is 1.54. The minimum atomic E-state index is -0.508. The van der Waals surface area contributed by atoms with Crippen molar-refractivity contribution in [2.45, 2.75) is 12.6 Å². The summed E-state index contributed by atoms with van der Waals surface area (Å²) in [7, 11) is 0. The van der Waals surface area contributed by atoms with Gasteiger partial charge in [-0.1, -0.05) is 18.2 Å². The van der Waals surface area contributed by atoms with E-state index in [4.69, 9.17) is 12.2 Å². The van der Waals surface area contributed by atoms with Gasteiger partial charge in [0.1, 0.15) is 6.23 Å². The standard InChI is InChI=1S/C10H12N2OS/c13-9-6-7-11-10(14)12(9)8-4-2-1-3-5-8/h1-5,9,13H,6-7H2,(H,11,14)/t9-/m0/s1. The molecule has 1 aliphatic heterocycles. The van der Waals surface area contributed by atoms with Gasteiger partial charge >= 0.3 is 0 Å². The normalized spacial score (nSPS) is 21.9. The Morgan fingerprint density at radius 2 is 2.07 bits per heavy atom. The molecule has 0 spiro atoms. The highest BCUT2D eigenvalue weighted by Gasteiger charge is 2.23. The van der Waals surface area contributed by atoms with Crippen LogP contribution in [0.3, 0.4) is 0 Å². The molecule has 1 heterocycles. The maximum atomic E-state index is 9.79. The van der Waals surface area contributed by atoms with Crippen LogP contribution in [0.15, 0.2) is 30.3 Å². The van der Waals surface area contributed by atoms with E-state index in [9.17, 15) is 5.11 Å². The van der Waals surface area contributed by atoms with Crippen molar-refractivity contribution in [2.75, 3.05) is 11.4 Å². The lowest BCUT2D eigenvalue weighted by Gasteiger charge is -2.34. The van der Waals surface area contributed by atoms with E-state index >= 15 is 0 Å². The third-order valence-corrected chi connectivity index (χ3v) is 2.57. The summed E-state index contributed by atoms with van der Waals surface area (Å²) in [5.41, 5.74) is 0.928. The Morgan fingerprint density at radius 3 is 2.71 bits per heavy atom. The van der Waals surface area contributed by atoms with Gasteiger partial charge in [-0.25, -0.2) is 0 Å². The zero-order valence-corrected chi connectivity index (χ0v) is 8.50. The van der Waals surface area contributed by atoms with Crippen LogP contribution < -0.4 is 10.2 Å². The number of rotatable bonds is 1. The Hall–Kier alpha value is -1.13. The van der Waals surface area contributed by atoms with Gasteiger partial charge in [0.05, 0.1) is 0 Å². The molecular formula is C10H12N2OS. The van der Waals surface area contributed by atoms with Gasteiger partial charge in [-0.15, -0.1) is 0 Å². The van der Waals surface area contributed by atoms with Crippen LogP contribution in [-0.2, 0) is 0 Å². The fraction of sp³-hybridized carbons (Fsp3) is 0.300. The minimum absolute atomic E-state index is 0.508. The first-order valence-corrected chi connectivity index (χ1v) is 5.00. The number of hydrogen-bond donors (Lipinski definition) is 2. The van der Waals surface area contributed by atoms with Crippen molar-refractivity contribution in [2.24, 2.45) is 0 Å². The second-order valence-corrected chi connectivity index (χ2v) is 3.59. The zero-order valence-electron chi connectivity index (χ0n) is 7.68. The van der Waals surface area contributed by atoms with E-state index in [1.807, 2.05) is 30.3 Å². The van der Waals surface area contributed by atoms with Gasteiger partial charge in [-0.05, 0) is 24.4 Å². The van der Waals surface area contributed by atoms with Crippen LogP contribution in [0.5, 0.6) is 0 Å². The quantitative estimate of drug-likeness (QED) is 0.677. The molecule has 0 aromatic heterocycles. The monoisotopic (exact) mass is 208 g/mol. The first-order chi connectivity index (χ1) is 6.79. The molecule has 1 aliphatic rings. The Labute approximate surface area is 88.3 Å². The summed E-state index contributed by atoms with van der Waals surface area (Å²) in [6.45, 7) is 0.739. The maximum Gasteiger partial charge on any atom is 0.175 e. The molecule has 0 aliphatic carbocycles. The van der Waals surface area contributed by atoms with Gasteiger partial charge in [0.25, 0.3) is 0 Å². The van der Waals surface area contributed by atoms with Crippen LogP contribution in [0.4, 0.5) is 5.69 Å². The van der Waals surface area contributed by atoms with Crippen molar-refractivity contribution in [3.63, 3.8) is 0 Å². The topological polar surface area (TPSA) is 35.5 Å². The highest BCUT2D eigenvalue weighted by atomic mass is 32.1. The molecule has 2 N–H and O–H groups in total. The minimum Gasteiger partial charge on any atom is -0.373 e. The Kier molecular flexibility index (Phi) is 2.65. The molecular weight excluding hydrogens is 196 g/mol. The van der Waals surface area contributed by atoms with Crippen molar-refractivity contribution in [3.05, 3.63) is 30.3 Å². The molecule has 14 heavy (non-hydrogen) atoms. The van der Waals surface area contributed by atoms with E-state index in [1.54, 1.807) is 4.90 Å². The van der Waals surface area contributed by atoms with Gasteiger partial charge in [-0.3, -0.25) is 4.90 Å². The molecule has 0 amide bonds. The molecule has 0 radical (unpaired) electrons. The fourth-order valence-corrected chi connectivity index (χ4v) is 1.86. The molecule has 0 saturated carbocycles. The van der Waals surface area contributed by atoms with E-state index in [-0.39, 0.29) is 0 Å². The Bertz CT molecular complexity index is 328. The number of aliphatic hydroxyl groups is 1. The number of para-hydroxylation sites is 1. The predicted octanol–water partition coefficient (Wildman–Crippen LogP) is 1.09. The first-order valence-electron chi connectivity index (χ1n) is 4.59. The van der Waals surface area contributed by atoms with Crippen LogP contribution >= 0.6 is 12.2 Å². The van der Waals surface area contributed by atoms with E-state index < -0.39 is 6.23 Å². The van der Waals surface area contributed by atoms with Crippen LogP contribution in [0.2, 0.25) is 0 Å². The lowest BCUT2D eigenvalue weighted by Crippen LogP contribution is -2.52. The number of nitrogens with zero attached hydrogens (tertiary/aromatic N) is 1. The summed E-state index contributed by atoms with van der Waals surface area (Å²) in [5, 5.41) is 13.4. The predicted molar refractivity (Wildman–Crippen MR) is 60.1 cm³/mol. The van der Waals surface area contributed by atoms with Crippen LogP contribution in [0, 0.1) is 0 Å². The van der Waals surface area contributed by atoms with Crippen molar-refractivity contribution < 1.29 is 5.11 Å². The van der Waals surface area contributed by atoms with Gasteiger partial charge in [0, 0.05) is 18.7 Å². The molecule has 1 aromatic carbocycles. The molecule has 1 atom stereocenters. The maximum absolute atomic E-state index is 9.79. The van der Waals surface area contributed by atoms with Gasteiger partial charge < -0.3 is 10.4 Å². The summed E-state index contributed by atoms with van der Waals surface area (Å²) >= 11 is 5.14. The molecule has 1 fully saturated rings. The van der Waals surface area contributed by atoms with Gasteiger partial charge in [-0.2, -0.15) is 0 Å². The third-order valence-electron chi connectivity index (χ3n) is 2.23. The van der Waals surface area contributed by atoms with Crippen LogP contribution in [-0.4, -0.2) is 23.0 Å². The smallest absolute Gasteiger partial charge is 0.175 e.